The van der Waals surface area contributed by atoms with Crippen LogP contribution in [0.1, 0.15) is 32.3 Å². The molecule has 0 fully saturated rings. The molecule has 0 aromatic heterocycles. The van der Waals surface area contributed by atoms with Crippen LogP contribution >= 0.6 is 17.4 Å². The van der Waals surface area contributed by atoms with E-state index in [-0.39, 0.29) is 0 Å². The Morgan fingerprint density at radius 2 is 1.90 bits per heavy atom. The highest BCUT2D eigenvalue weighted by atomic mass is 32.0. The number of hydrogen-bond donors (Lipinski definition) is 0. The molecule has 0 aliphatic rings. The van der Waals surface area contributed by atoms with E-state index in [0.717, 1.165) is 19.4 Å². The van der Waals surface area contributed by atoms with Crippen LogP contribution in [-0.4, -0.2) is 13.2 Å². The second kappa shape index (κ2) is 12.1. The van der Waals surface area contributed by atoms with Crippen LogP contribution in [0.2, 0.25) is 0 Å². The maximum atomic E-state index is 5.71. The van der Waals surface area contributed by atoms with Gasteiger partial charge in [0.05, 0.1) is 19.8 Å². The fourth-order valence-corrected chi connectivity index (χ4v) is 2.31. The smallest absolute Gasteiger partial charge is 0.0721 e. The van der Waals surface area contributed by atoms with E-state index in [0.29, 0.717) is 21.7 Å². The van der Waals surface area contributed by atoms with Crippen molar-refractivity contribution >= 4 is 17.4 Å². The van der Waals surface area contributed by atoms with E-state index in [9.17, 15) is 0 Å². The lowest BCUT2D eigenvalue weighted by atomic mass is 10.1. The highest BCUT2D eigenvalue weighted by Gasteiger charge is 1.94. The molecular weight excluding hydrogens is 298 g/mol. The monoisotopic (exact) mass is 324 g/mol. The molecule has 0 N–H and O–H groups in total. The molecule has 0 bridgehead atoms. The molecule has 2 atom stereocenters. The van der Waals surface area contributed by atoms with Crippen molar-refractivity contribution in [1.82, 2.24) is 0 Å². The van der Waals surface area contributed by atoms with Crippen LogP contribution in [-0.2, 0) is 15.9 Å². The van der Waals surface area contributed by atoms with Gasteiger partial charge in [-0.2, -0.15) is 0 Å². The second-order valence-corrected chi connectivity index (χ2v) is 6.28. The molecule has 0 aliphatic heterocycles. The van der Waals surface area contributed by atoms with Crippen molar-refractivity contribution in [3.05, 3.63) is 59.2 Å². The third kappa shape index (κ3) is 9.93. The third-order valence-corrected chi connectivity index (χ3v) is 3.90. The summed E-state index contributed by atoms with van der Waals surface area (Å²) in [6.07, 6.45) is 6.57. The topological polar surface area (TPSA) is 18.5 Å². The second-order valence-electron chi connectivity index (χ2n) is 5.05. The predicted molar refractivity (Wildman–Crippen MR) is 96.8 cm³/mol. The van der Waals surface area contributed by atoms with Crippen LogP contribution in [0.4, 0.5) is 0 Å². The summed E-state index contributed by atoms with van der Waals surface area (Å²) in [6.45, 7) is 6.39. The lowest BCUT2D eigenvalue weighted by molar-refractivity contribution is 0.142. The van der Waals surface area contributed by atoms with Crippen molar-refractivity contribution in [2.75, 3.05) is 13.2 Å². The molecule has 1 aromatic carbocycles. The highest BCUT2D eigenvalue weighted by molar-refractivity contribution is 8.00. The van der Waals surface area contributed by atoms with E-state index < -0.39 is 0 Å². The van der Waals surface area contributed by atoms with Gasteiger partial charge in [-0.25, -0.2) is 0 Å². The van der Waals surface area contributed by atoms with E-state index in [2.05, 4.69) is 47.1 Å². The zero-order valence-corrected chi connectivity index (χ0v) is 15.1. The van der Waals surface area contributed by atoms with Gasteiger partial charge in [-0.3, -0.25) is 0 Å². The maximum Gasteiger partial charge on any atom is 0.0721 e. The average Bonchev–Trinajstić information content (AvgIpc) is 2.48. The SMILES string of the molecule is CC(=CCOPP)CCC=C(C)COCc1ccccc1. The predicted octanol–water partition coefficient (Wildman–Crippen LogP) is 5.28. The van der Waals surface area contributed by atoms with Crippen molar-refractivity contribution in [3.8, 4) is 0 Å². The molecule has 116 valence electrons. The molecule has 0 saturated heterocycles. The largest absolute Gasteiger partial charge is 0.372 e. The first-order valence-electron chi connectivity index (χ1n) is 7.22. The Kier molecular flexibility index (Phi) is 10.6. The Bertz CT molecular complexity index is 441. The number of allylic oxidation sites excluding steroid dienone is 2. The van der Waals surface area contributed by atoms with Crippen LogP contribution in [0.15, 0.2) is 53.6 Å². The zero-order chi connectivity index (χ0) is 15.3. The summed E-state index contributed by atoms with van der Waals surface area (Å²) in [5.41, 5.74) is 3.90. The van der Waals surface area contributed by atoms with Gasteiger partial charge in [-0.1, -0.05) is 62.6 Å². The third-order valence-electron chi connectivity index (χ3n) is 3.07. The lowest BCUT2D eigenvalue weighted by Crippen LogP contribution is -1.96. The van der Waals surface area contributed by atoms with Gasteiger partial charge in [0.1, 0.15) is 0 Å². The first-order valence-corrected chi connectivity index (χ1v) is 9.94. The van der Waals surface area contributed by atoms with Gasteiger partial charge in [0.2, 0.25) is 0 Å². The van der Waals surface area contributed by atoms with Gasteiger partial charge < -0.3 is 9.26 Å². The Morgan fingerprint density at radius 3 is 2.62 bits per heavy atom. The first kappa shape index (κ1) is 18.5. The van der Waals surface area contributed by atoms with E-state index in [1.165, 1.54) is 16.7 Å². The van der Waals surface area contributed by atoms with Gasteiger partial charge in [-0.15, -0.1) is 0 Å². The molecule has 0 radical (unpaired) electrons. The molecule has 1 rings (SSSR count). The van der Waals surface area contributed by atoms with Gasteiger partial charge >= 0.3 is 0 Å². The van der Waals surface area contributed by atoms with Crippen LogP contribution in [0.3, 0.4) is 0 Å². The normalized spacial score (nSPS) is 13.3. The molecule has 0 heterocycles. The minimum absolute atomic E-state index is 0.487. The summed E-state index contributed by atoms with van der Waals surface area (Å²) in [6, 6.07) is 10.3. The number of ether oxygens (including phenoxy) is 1. The molecule has 2 unspecified atom stereocenters. The quantitative estimate of drug-likeness (QED) is 0.331. The summed E-state index contributed by atoms with van der Waals surface area (Å²) < 4.78 is 11.0. The molecule has 0 saturated carbocycles. The standard InChI is InChI=1S/C17H26O2P2/c1-15(11-12-19-21-20)7-6-8-16(2)13-18-14-17-9-4-3-5-10-17/h3-5,8-11,21H,6-7,12-14,20H2,1-2H3. The summed E-state index contributed by atoms with van der Waals surface area (Å²) in [4.78, 5) is 0. The highest BCUT2D eigenvalue weighted by Crippen LogP contribution is 2.21. The first-order chi connectivity index (χ1) is 10.2. The summed E-state index contributed by atoms with van der Waals surface area (Å²) >= 11 is 0. The molecule has 4 heteroatoms. The van der Waals surface area contributed by atoms with Crippen LogP contribution < -0.4 is 0 Å². The Labute approximate surface area is 133 Å². The Balaban J connectivity index is 2.16. The lowest BCUT2D eigenvalue weighted by Gasteiger charge is -2.05. The minimum Gasteiger partial charge on any atom is -0.372 e. The number of rotatable bonds is 10. The zero-order valence-electron chi connectivity index (χ0n) is 13.0. The molecule has 0 aliphatic carbocycles. The van der Waals surface area contributed by atoms with E-state index in [1.54, 1.807) is 0 Å². The van der Waals surface area contributed by atoms with Gasteiger partial charge in [0.25, 0.3) is 0 Å². The minimum atomic E-state index is 0.487. The van der Waals surface area contributed by atoms with Crippen molar-refractivity contribution in [1.29, 1.82) is 0 Å². The molecule has 1 aromatic rings. The average molecular weight is 324 g/mol. The van der Waals surface area contributed by atoms with Gasteiger partial charge in [0, 0.05) is 8.50 Å². The molecule has 21 heavy (non-hydrogen) atoms. The number of hydrogen-bond acceptors (Lipinski definition) is 2. The summed E-state index contributed by atoms with van der Waals surface area (Å²) in [5.74, 6) is 0. The maximum absolute atomic E-state index is 5.71. The van der Waals surface area contributed by atoms with Crippen LogP contribution in [0.5, 0.6) is 0 Å². The molecular formula is C17H26O2P2. The fourth-order valence-electron chi connectivity index (χ4n) is 1.84. The van der Waals surface area contributed by atoms with Gasteiger partial charge in [0.15, 0.2) is 0 Å². The Morgan fingerprint density at radius 1 is 1.14 bits per heavy atom. The van der Waals surface area contributed by atoms with Crippen molar-refractivity contribution in [2.24, 2.45) is 0 Å². The van der Waals surface area contributed by atoms with Gasteiger partial charge in [-0.05, 0) is 32.3 Å². The molecule has 0 spiro atoms. The van der Waals surface area contributed by atoms with Crippen molar-refractivity contribution < 1.29 is 9.26 Å². The summed E-state index contributed by atoms with van der Waals surface area (Å²) in [7, 11) is 3.07. The summed E-state index contributed by atoms with van der Waals surface area (Å²) in [5, 5.41) is 0. The van der Waals surface area contributed by atoms with E-state index >= 15 is 0 Å². The number of benzene rings is 1. The molecule has 2 nitrogen and oxygen atoms in total. The van der Waals surface area contributed by atoms with Crippen LogP contribution in [0, 0.1) is 0 Å². The van der Waals surface area contributed by atoms with E-state index in [4.69, 9.17) is 9.26 Å². The molecule has 0 amide bonds. The van der Waals surface area contributed by atoms with E-state index in [1.807, 2.05) is 18.2 Å². The van der Waals surface area contributed by atoms with Crippen molar-refractivity contribution in [3.63, 3.8) is 0 Å². The Hall–Kier alpha value is -0.520. The van der Waals surface area contributed by atoms with Crippen molar-refractivity contribution in [2.45, 2.75) is 33.3 Å². The fraction of sp³-hybridized carbons (Fsp3) is 0.412. The van der Waals surface area contributed by atoms with Crippen LogP contribution in [0.25, 0.3) is 0 Å².